The monoisotopic (exact) mass is 253 g/mol. The molecule has 1 fully saturated rings. The minimum absolute atomic E-state index is 0.0451. The summed E-state index contributed by atoms with van der Waals surface area (Å²) in [6.45, 7) is 5.26. The Morgan fingerprint density at radius 1 is 1.24 bits per heavy atom. The maximum absolute atomic E-state index is 12.2. The first-order valence-electron chi connectivity index (χ1n) is 5.76. The van der Waals surface area contributed by atoms with E-state index in [2.05, 4.69) is 0 Å². The van der Waals surface area contributed by atoms with Crippen LogP contribution < -0.4 is 0 Å². The second-order valence-corrected chi connectivity index (χ2v) is 4.91. The van der Waals surface area contributed by atoms with E-state index in [9.17, 15) is 4.79 Å². The number of nitrogens with zero attached hydrogens (tertiary/aromatic N) is 1. The van der Waals surface area contributed by atoms with Crippen LogP contribution in [0.1, 0.15) is 24.2 Å². The summed E-state index contributed by atoms with van der Waals surface area (Å²) >= 11 is 5.80. The summed E-state index contributed by atoms with van der Waals surface area (Å²) in [6.07, 6.45) is 0.185. The smallest absolute Gasteiger partial charge is 0.254 e. The van der Waals surface area contributed by atoms with Crippen molar-refractivity contribution in [2.45, 2.75) is 26.1 Å². The number of halogens is 1. The maximum atomic E-state index is 12.2. The van der Waals surface area contributed by atoms with Crippen molar-refractivity contribution in [1.29, 1.82) is 0 Å². The summed E-state index contributed by atoms with van der Waals surface area (Å²) < 4.78 is 5.61. The summed E-state index contributed by atoms with van der Waals surface area (Å²) in [5, 5.41) is 0.644. The molecular formula is C13H16ClNO2. The minimum Gasteiger partial charge on any atom is -0.372 e. The Morgan fingerprint density at radius 3 is 2.29 bits per heavy atom. The van der Waals surface area contributed by atoms with Gasteiger partial charge >= 0.3 is 0 Å². The molecule has 17 heavy (non-hydrogen) atoms. The molecule has 2 rings (SSSR count). The van der Waals surface area contributed by atoms with Crippen LogP contribution in [0.5, 0.6) is 0 Å². The van der Waals surface area contributed by atoms with Crippen LogP contribution in [-0.2, 0) is 4.74 Å². The van der Waals surface area contributed by atoms with Gasteiger partial charge in [-0.1, -0.05) is 11.6 Å². The molecule has 2 atom stereocenters. The molecule has 1 saturated heterocycles. The molecule has 0 aromatic heterocycles. The molecule has 1 aliphatic heterocycles. The summed E-state index contributed by atoms with van der Waals surface area (Å²) in [6, 6.07) is 7.00. The van der Waals surface area contributed by atoms with E-state index in [-0.39, 0.29) is 18.1 Å². The van der Waals surface area contributed by atoms with Crippen molar-refractivity contribution in [2.24, 2.45) is 0 Å². The second kappa shape index (κ2) is 5.07. The van der Waals surface area contributed by atoms with Crippen molar-refractivity contribution >= 4 is 17.5 Å². The van der Waals surface area contributed by atoms with Crippen LogP contribution in [0.15, 0.2) is 24.3 Å². The van der Waals surface area contributed by atoms with Gasteiger partial charge in [0, 0.05) is 23.7 Å². The number of amides is 1. The van der Waals surface area contributed by atoms with Gasteiger partial charge in [0.1, 0.15) is 0 Å². The molecule has 1 aromatic carbocycles. The Morgan fingerprint density at radius 2 is 1.76 bits per heavy atom. The third-order valence-electron chi connectivity index (χ3n) is 2.80. The van der Waals surface area contributed by atoms with Crippen LogP contribution in [0.2, 0.25) is 5.02 Å². The highest BCUT2D eigenvalue weighted by atomic mass is 35.5. The van der Waals surface area contributed by atoms with E-state index in [4.69, 9.17) is 16.3 Å². The highest BCUT2D eigenvalue weighted by Crippen LogP contribution is 2.16. The fraction of sp³-hybridized carbons (Fsp3) is 0.462. The Balaban J connectivity index is 2.11. The van der Waals surface area contributed by atoms with Crippen molar-refractivity contribution < 1.29 is 9.53 Å². The zero-order valence-electron chi connectivity index (χ0n) is 10.0. The van der Waals surface area contributed by atoms with Gasteiger partial charge in [0.25, 0.3) is 5.91 Å². The van der Waals surface area contributed by atoms with Gasteiger partial charge in [-0.05, 0) is 38.1 Å². The van der Waals surface area contributed by atoms with E-state index < -0.39 is 0 Å². The van der Waals surface area contributed by atoms with Crippen LogP contribution in [0, 0.1) is 0 Å². The maximum Gasteiger partial charge on any atom is 0.254 e. The third kappa shape index (κ3) is 2.99. The van der Waals surface area contributed by atoms with E-state index in [1.807, 2.05) is 18.7 Å². The molecule has 1 amide bonds. The van der Waals surface area contributed by atoms with E-state index >= 15 is 0 Å². The molecule has 4 heteroatoms. The lowest BCUT2D eigenvalue weighted by Gasteiger charge is -2.35. The topological polar surface area (TPSA) is 29.5 Å². The molecule has 0 saturated carbocycles. The molecule has 0 N–H and O–H groups in total. The van der Waals surface area contributed by atoms with Gasteiger partial charge in [0.15, 0.2) is 0 Å². The molecule has 0 spiro atoms. The van der Waals surface area contributed by atoms with Gasteiger partial charge in [-0.15, -0.1) is 0 Å². The first kappa shape index (κ1) is 12.4. The lowest BCUT2D eigenvalue weighted by atomic mass is 10.1. The molecule has 0 radical (unpaired) electrons. The second-order valence-electron chi connectivity index (χ2n) is 4.47. The van der Waals surface area contributed by atoms with E-state index in [1.165, 1.54) is 0 Å². The molecule has 0 bridgehead atoms. The Hall–Kier alpha value is -1.06. The van der Waals surface area contributed by atoms with Gasteiger partial charge in [0.05, 0.1) is 12.2 Å². The molecule has 92 valence electrons. The minimum atomic E-state index is 0.0451. The molecule has 1 heterocycles. The van der Waals surface area contributed by atoms with Crippen molar-refractivity contribution in [3.63, 3.8) is 0 Å². The Bertz CT molecular complexity index is 394. The summed E-state index contributed by atoms with van der Waals surface area (Å²) in [7, 11) is 0. The number of carbonyl (C=O) groups excluding carboxylic acids is 1. The number of ether oxygens (including phenoxy) is 1. The van der Waals surface area contributed by atoms with Crippen LogP contribution in [-0.4, -0.2) is 36.1 Å². The van der Waals surface area contributed by atoms with Gasteiger partial charge in [0.2, 0.25) is 0 Å². The normalized spacial score (nSPS) is 24.8. The highest BCUT2D eigenvalue weighted by Gasteiger charge is 2.26. The predicted molar refractivity (Wildman–Crippen MR) is 67.4 cm³/mol. The van der Waals surface area contributed by atoms with Crippen LogP contribution in [0.3, 0.4) is 0 Å². The van der Waals surface area contributed by atoms with Gasteiger partial charge in [-0.25, -0.2) is 0 Å². The predicted octanol–water partition coefficient (Wildman–Crippen LogP) is 2.59. The first-order valence-corrected chi connectivity index (χ1v) is 6.14. The fourth-order valence-corrected chi connectivity index (χ4v) is 2.24. The van der Waals surface area contributed by atoms with E-state index in [0.29, 0.717) is 23.7 Å². The van der Waals surface area contributed by atoms with Crippen molar-refractivity contribution in [3.8, 4) is 0 Å². The molecule has 0 aliphatic carbocycles. The van der Waals surface area contributed by atoms with Crippen molar-refractivity contribution in [1.82, 2.24) is 4.90 Å². The largest absolute Gasteiger partial charge is 0.372 e. The van der Waals surface area contributed by atoms with Crippen LogP contribution >= 0.6 is 11.6 Å². The summed E-state index contributed by atoms with van der Waals surface area (Å²) in [5.74, 6) is 0.0451. The molecule has 3 nitrogen and oxygen atoms in total. The van der Waals surface area contributed by atoms with Gasteiger partial charge in [-0.3, -0.25) is 4.79 Å². The molecule has 1 aromatic rings. The van der Waals surface area contributed by atoms with Crippen molar-refractivity contribution in [2.75, 3.05) is 13.1 Å². The zero-order valence-corrected chi connectivity index (χ0v) is 10.8. The van der Waals surface area contributed by atoms with Crippen molar-refractivity contribution in [3.05, 3.63) is 34.9 Å². The number of benzene rings is 1. The number of hydrogen-bond donors (Lipinski definition) is 0. The van der Waals surface area contributed by atoms with Crippen LogP contribution in [0.4, 0.5) is 0 Å². The Kier molecular flexibility index (Phi) is 3.69. The number of hydrogen-bond acceptors (Lipinski definition) is 2. The number of rotatable bonds is 1. The van der Waals surface area contributed by atoms with Gasteiger partial charge < -0.3 is 9.64 Å². The highest BCUT2D eigenvalue weighted by molar-refractivity contribution is 6.30. The molecule has 1 aliphatic rings. The first-order chi connectivity index (χ1) is 8.06. The van der Waals surface area contributed by atoms with E-state index in [0.717, 1.165) is 0 Å². The average Bonchev–Trinajstić information content (AvgIpc) is 2.28. The standard InChI is InChI=1S/C13H16ClNO2/c1-9-7-15(8-10(2)17-9)13(16)11-3-5-12(14)6-4-11/h3-6,9-10H,7-8H2,1-2H3/t9-,10-/m1/s1. The Labute approximate surface area is 106 Å². The average molecular weight is 254 g/mol. The molecule has 0 unspecified atom stereocenters. The lowest BCUT2D eigenvalue weighted by Crippen LogP contribution is -2.48. The van der Waals surface area contributed by atoms with E-state index in [1.54, 1.807) is 24.3 Å². The number of morpholine rings is 1. The van der Waals surface area contributed by atoms with Gasteiger partial charge in [-0.2, -0.15) is 0 Å². The van der Waals surface area contributed by atoms with Crippen LogP contribution in [0.25, 0.3) is 0 Å². The lowest BCUT2D eigenvalue weighted by molar-refractivity contribution is -0.0586. The number of carbonyl (C=O) groups is 1. The zero-order chi connectivity index (χ0) is 12.4. The fourth-order valence-electron chi connectivity index (χ4n) is 2.12. The third-order valence-corrected chi connectivity index (χ3v) is 3.05. The SMILES string of the molecule is C[C@@H]1CN(C(=O)c2ccc(Cl)cc2)C[C@@H](C)O1. The summed E-state index contributed by atoms with van der Waals surface area (Å²) in [4.78, 5) is 14.1. The summed E-state index contributed by atoms with van der Waals surface area (Å²) in [5.41, 5.74) is 0.677. The molecular weight excluding hydrogens is 238 g/mol. The quantitative estimate of drug-likeness (QED) is 0.770.